The number of nitrogens with one attached hydrogen (secondary N) is 1. The Labute approximate surface area is 92.4 Å². The van der Waals surface area contributed by atoms with Gasteiger partial charge < -0.3 is 10.5 Å². The normalized spacial score (nSPS) is 14.1. The van der Waals surface area contributed by atoms with Gasteiger partial charge in [0.15, 0.2) is 0 Å². The number of ether oxygens (including phenoxy) is 1. The fourth-order valence-electron chi connectivity index (χ4n) is 1.10. The van der Waals surface area contributed by atoms with Gasteiger partial charge in [0.2, 0.25) is 10.0 Å². The molecule has 0 saturated carbocycles. The Morgan fingerprint density at radius 1 is 1.47 bits per heavy atom. The summed E-state index contributed by atoms with van der Waals surface area (Å²) in [5.41, 5.74) is 5.65. The van der Waals surface area contributed by atoms with E-state index in [1.54, 1.807) is 7.11 Å². The molecule has 0 saturated heterocycles. The molecule has 0 radical (unpaired) electrons. The van der Waals surface area contributed by atoms with Crippen LogP contribution in [0.4, 0.5) is 0 Å². The monoisotopic (exact) mass is 238 g/mol. The molecule has 1 unspecified atom stereocenters. The molecular formula is C9H22N2O3S. The molecule has 0 aromatic heterocycles. The molecule has 0 aromatic carbocycles. The Morgan fingerprint density at radius 2 is 2.13 bits per heavy atom. The molecule has 15 heavy (non-hydrogen) atoms. The first-order valence-electron chi connectivity index (χ1n) is 5.23. The van der Waals surface area contributed by atoms with Gasteiger partial charge in [-0.3, -0.25) is 0 Å². The Balaban J connectivity index is 3.65. The molecule has 0 spiro atoms. The molecule has 3 N–H and O–H groups in total. The van der Waals surface area contributed by atoms with Crippen LogP contribution in [0.5, 0.6) is 0 Å². The van der Waals surface area contributed by atoms with E-state index in [1.807, 2.05) is 6.92 Å². The van der Waals surface area contributed by atoms with E-state index in [4.69, 9.17) is 10.5 Å². The van der Waals surface area contributed by atoms with Crippen molar-refractivity contribution in [2.24, 2.45) is 5.73 Å². The van der Waals surface area contributed by atoms with Gasteiger partial charge in [-0.1, -0.05) is 13.3 Å². The fourth-order valence-corrected chi connectivity index (χ4v) is 2.35. The van der Waals surface area contributed by atoms with Crippen molar-refractivity contribution in [1.82, 2.24) is 4.72 Å². The number of hydrogen-bond donors (Lipinski definition) is 2. The summed E-state index contributed by atoms with van der Waals surface area (Å²) in [6.07, 6.45) is 2.17. The van der Waals surface area contributed by atoms with E-state index >= 15 is 0 Å². The lowest BCUT2D eigenvalue weighted by Gasteiger charge is -2.11. The highest BCUT2D eigenvalue weighted by Gasteiger charge is 2.09. The standard InChI is InChI=1S/C9H22N2O3S/c1-3-4-7-15(12,13)11-6-5-9(10)8-14-2/h9,11H,3-8,10H2,1-2H3. The number of unbranched alkanes of at least 4 members (excludes halogenated alkanes) is 1. The van der Waals surface area contributed by atoms with Crippen LogP contribution in [0.25, 0.3) is 0 Å². The third-order valence-corrected chi connectivity index (χ3v) is 3.45. The molecule has 0 aliphatic rings. The van der Waals surface area contributed by atoms with Gasteiger partial charge in [-0.15, -0.1) is 0 Å². The van der Waals surface area contributed by atoms with Crippen molar-refractivity contribution in [3.05, 3.63) is 0 Å². The molecule has 6 heteroatoms. The lowest BCUT2D eigenvalue weighted by Crippen LogP contribution is -2.33. The summed E-state index contributed by atoms with van der Waals surface area (Å²) >= 11 is 0. The van der Waals surface area contributed by atoms with Gasteiger partial charge in [0, 0.05) is 19.7 Å². The number of rotatable bonds is 9. The van der Waals surface area contributed by atoms with Crippen LogP contribution in [-0.4, -0.2) is 40.5 Å². The zero-order valence-corrected chi connectivity index (χ0v) is 10.3. The summed E-state index contributed by atoms with van der Waals surface area (Å²) in [5.74, 6) is 0.197. The highest BCUT2D eigenvalue weighted by atomic mass is 32.2. The Morgan fingerprint density at radius 3 is 2.67 bits per heavy atom. The number of nitrogens with two attached hydrogens (primary N) is 1. The predicted molar refractivity (Wildman–Crippen MR) is 61.2 cm³/mol. The van der Waals surface area contributed by atoms with E-state index in [9.17, 15) is 8.42 Å². The quantitative estimate of drug-likeness (QED) is 0.595. The Kier molecular flexibility index (Phi) is 7.95. The van der Waals surface area contributed by atoms with E-state index < -0.39 is 10.0 Å². The van der Waals surface area contributed by atoms with Crippen molar-refractivity contribution in [2.45, 2.75) is 32.2 Å². The van der Waals surface area contributed by atoms with Crippen LogP contribution in [0, 0.1) is 0 Å². The number of sulfonamides is 1. The third-order valence-electron chi connectivity index (χ3n) is 1.98. The van der Waals surface area contributed by atoms with E-state index in [1.165, 1.54) is 0 Å². The van der Waals surface area contributed by atoms with Crippen LogP contribution in [0.2, 0.25) is 0 Å². The topological polar surface area (TPSA) is 81.4 Å². The smallest absolute Gasteiger partial charge is 0.211 e. The first kappa shape index (κ1) is 14.8. The molecule has 92 valence electrons. The van der Waals surface area contributed by atoms with Crippen molar-refractivity contribution < 1.29 is 13.2 Å². The maximum atomic E-state index is 11.3. The molecule has 0 heterocycles. The SMILES string of the molecule is CCCCS(=O)(=O)NCCC(N)COC. The summed E-state index contributed by atoms with van der Waals surface area (Å²) < 4.78 is 30.1. The largest absolute Gasteiger partial charge is 0.383 e. The molecule has 0 aromatic rings. The van der Waals surface area contributed by atoms with Gasteiger partial charge in [-0.2, -0.15) is 0 Å². The minimum atomic E-state index is -3.10. The maximum Gasteiger partial charge on any atom is 0.211 e. The van der Waals surface area contributed by atoms with Crippen LogP contribution < -0.4 is 10.5 Å². The predicted octanol–water partition coefficient (Wildman–Crippen LogP) is 0.0697. The maximum absolute atomic E-state index is 11.3. The molecule has 0 fully saturated rings. The van der Waals surface area contributed by atoms with Gasteiger partial charge in [0.25, 0.3) is 0 Å². The molecule has 0 aliphatic heterocycles. The van der Waals surface area contributed by atoms with Crippen molar-refractivity contribution in [2.75, 3.05) is 26.0 Å². The Hall–Kier alpha value is -0.170. The lowest BCUT2D eigenvalue weighted by molar-refractivity contribution is 0.177. The van der Waals surface area contributed by atoms with Gasteiger partial charge in [0.05, 0.1) is 12.4 Å². The van der Waals surface area contributed by atoms with E-state index in [2.05, 4.69) is 4.72 Å². The second-order valence-corrected chi connectivity index (χ2v) is 5.50. The average Bonchev–Trinajstić information content (AvgIpc) is 2.15. The van der Waals surface area contributed by atoms with E-state index in [0.717, 1.165) is 6.42 Å². The van der Waals surface area contributed by atoms with Crippen molar-refractivity contribution in [3.8, 4) is 0 Å². The van der Waals surface area contributed by atoms with Gasteiger partial charge >= 0.3 is 0 Å². The van der Waals surface area contributed by atoms with Gasteiger partial charge in [-0.05, 0) is 12.8 Å². The summed E-state index contributed by atoms with van der Waals surface area (Å²) in [5, 5.41) is 0. The Bertz CT molecular complexity index is 242. The fraction of sp³-hybridized carbons (Fsp3) is 1.00. The zero-order valence-electron chi connectivity index (χ0n) is 9.53. The molecule has 0 aliphatic carbocycles. The van der Waals surface area contributed by atoms with Crippen molar-refractivity contribution in [3.63, 3.8) is 0 Å². The van der Waals surface area contributed by atoms with Crippen molar-refractivity contribution in [1.29, 1.82) is 0 Å². The number of hydrogen-bond acceptors (Lipinski definition) is 4. The highest BCUT2D eigenvalue weighted by Crippen LogP contribution is 1.94. The van der Waals surface area contributed by atoms with Gasteiger partial charge in [-0.25, -0.2) is 13.1 Å². The summed E-state index contributed by atoms with van der Waals surface area (Å²) in [4.78, 5) is 0. The molecule has 1 atom stereocenters. The third kappa shape index (κ3) is 8.80. The molecule has 0 bridgehead atoms. The lowest BCUT2D eigenvalue weighted by atomic mass is 10.2. The van der Waals surface area contributed by atoms with Crippen LogP contribution >= 0.6 is 0 Å². The summed E-state index contributed by atoms with van der Waals surface area (Å²) in [6.45, 7) is 2.80. The van der Waals surface area contributed by atoms with Crippen LogP contribution in [-0.2, 0) is 14.8 Å². The summed E-state index contributed by atoms with van der Waals surface area (Å²) in [6, 6.07) is -0.108. The van der Waals surface area contributed by atoms with Gasteiger partial charge in [0.1, 0.15) is 0 Å². The molecule has 5 nitrogen and oxygen atoms in total. The second-order valence-electron chi connectivity index (χ2n) is 3.57. The zero-order chi connectivity index (χ0) is 11.7. The second kappa shape index (κ2) is 8.04. The van der Waals surface area contributed by atoms with Crippen LogP contribution in [0.15, 0.2) is 0 Å². The van der Waals surface area contributed by atoms with E-state index in [0.29, 0.717) is 26.0 Å². The minimum Gasteiger partial charge on any atom is -0.383 e. The van der Waals surface area contributed by atoms with Crippen LogP contribution in [0.1, 0.15) is 26.2 Å². The van der Waals surface area contributed by atoms with Crippen LogP contribution in [0.3, 0.4) is 0 Å². The highest BCUT2D eigenvalue weighted by molar-refractivity contribution is 7.89. The first-order valence-corrected chi connectivity index (χ1v) is 6.89. The average molecular weight is 238 g/mol. The van der Waals surface area contributed by atoms with Crippen molar-refractivity contribution >= 4 is 10.0 Å². The first-order chi connectivity index (χ1) is 7.02. The summed E-state index contributed by atoms with van der Waals surface area (Å²) in [7, 11) is -1.53. The molecular weight excluding hydrogens is 216 g/mol. The van der Waals surface area contributed by atoms with E-state index in [-0.39, 0.29) is 11.8 Å². The molecule has 0 rings (SSSR count). The number of methoxy groups -OCH3 is 1. The molecule has 0 amide bonds. The minimum absolute atomic E-state index is 0.108.